The van der Waals surface area contributed by atoms with Crippen LogP contribution in [-0.2, 0) is 28.6 Å². The van der Waals surface area contributed by atoms with Crippen LogP contribution in [0.5, 0.6) is 0 Å². The lowest BCUT2D eigenvalue weighted by Gasteiger charge is -2.18. The second-order valence-electron chi connectivity index (χ2n) is 22.0. The fraction of sp³-hybridized carbons (Fsp3) is 0.645. The van der Waals surface area contributed by atoms with E-state index in [1.807, 2.05) is 0 Å². The molecule has 0 aromatic heterocycles. The van der Waals surface area contributed by atoms with Crippen molar-refractivity contribution < 1.29 is 28.6 Å². The quantitative estimate of drug-likeness (QED) is 0.0261. The van der Waals surface area contributed by atoms with Gasteiger partial charge in [-0.15, -0.1) is 0 Å². The van der Waals surface area contributed by atoms with E-state index in [-0.39, 0.29) is 31.1 Å². The summed E-state index contributed by atoms with van der Waals surface area (Å²) in [5.74, 6) is -0.899. The van der Waals surface area contributed by atoms with E-state index in [0.717, 1.165) is 148 Å². The van der Waals surface area contributed by atoms with E-state index in [4.69, 9.17) is 14.2 Å². The van der Waals surface area contributed by atoms with E-state index < -0.39 is 6.10 Å². The molecule has 0 radical (unpaired) electrons. The Kier molecular flexibility index (Phi) is 64.8. The fourth-order valence-electron chi connectivity index (χ4n) is 9.10. The average Bonchev–Trinajstić information content (AvgIpc) is 3.47. The number of carbonyl (C=O) groups is 3. The van der Waals surface area contributed by atoms with E-state index >= 15 is 0 Å². The van der Waals surface area contributed by atoms with E-state index in [9.17, 15) is 14.4 Å². The van der Waals surface area contributed by atoms with Gasteiger partial charge < -0.3 is 14.2 Å². The van der Waals surface area contributed by atoms with E-state index in [2.05, 4.69) is 167 Å². The third kappa shape index (κ3) is 66.1. The number of allylic oxidation sites excluding steroid dienone is 24. The van der Waals surface area contributed by atoms with Crippen LogP contribution < -0.4 is 0 Å². The number of carbonyl (C=O) groups excluding carboxylic acids is 3. The lowest BCUT2D eigenvalue weighted by molar-refractivity contribution is -0.167. The smallest absolute Gasteiger partial charge is 0.306 e. The topological polar surface area (TPSA) is 78.9 Å². The van der Waals surface area contributed by atoms with Crippen molar-refractivity contribution in [1.82, 2.24) is 0 Å². The third-order valence-corrected chi connectivity index (χ3v) is 14.1. The van der Waals surface area contributed by atoms with Crippen molar-refractivity contribution in [2.75, 3.05) is 13.2 Å². The average molecular weight is 1130 g/mol. The molecule has 0 N–H and O–H groups in total. The Balaban J connectivity index is 4.20. The lowest BCUT2D eigenvalue weighted by Crippen LogP contribution is -2.30. The zero-order chi connectivity index (χ0) is 59.2. The van der Waals surface area contributed by atoms with E-state index in [1.54, 1.807) is 0 Å². The molecule has 0 aliphatic rings. The molecular formula is C76H124O6. The highest BCUT2D eigenvalue weighted by molar-refractivity contribution is 5.71. The maximum atomic E-state index is 12.9. The summed E-state index contributed by atoms with van der Waals surface area (Å²) in [7, 11) is 0. The lowest BCUT2D eigenvalue weighted by atomic mass is 10.1. The monoisotopic (exact) mass is 1130 g/mol. The molecule has 0 heterocycles. The predicted molar refractivity (Wildman–Crippen MR) is 357 cm³/mol. The normalized spacial score (nSPS) is 13.1. The van der Waals surface area contributed by atoms with E-state index in [1.165, 1.54) is 109 Å². The number of esters is 3. The predicted octanol–water partition coefficient (Wildman–Crippen LogP) is 23.5. The molecule has 82 heavy (non-hydrogen) atoms. The van der Waals surface area contributed by atoms with Crippen LogP contribution in [0.4, 0.5) is 0 Å². The SMILES string of the molecule is CC/C=C\C/C=C\C/C=C\C/C=C\C/C=C\C/C=C\C/C=C\CCCCCCCCCCCC(=O)OCC(COC(=O)CCCCCCCCCC)OC(=O)CCCCCCCCCCC/C=C\C/C=C\C/C=C\C/C=C\C/C=C\CC. The number of unbranched alkanes of at least 4 members (excludes halogenated alkanes) is 25. The molecule has 0 fully saturated rings. The molecule has 0 saturated carbocycles. The van der Waals surface area contributed by atoms with Crippen molar-refractivity contribution in [3.8, 4) is 0 Å². The van der Waals surface area contributed by atoms with Gasteiger partial charge in [-0.1, -0.05) is 301 Å². The van der Waals surface area contributed by atoms with Gasteiger partial charge in [0.1, 0.15) is 13.2 Å². The maximum Gasteiger partial charge on any atom is 0.306 e. The Morgan fingerprint density at radius 2 is 0.476 bits per heavy atom. The summed E-state index contributed by atoms with van der Waals surface area (Å²) >= 11 is 0. The van der Waals surface area contributed by atoms with Gasteiger partial charge in [0.2, 0.25) is 0 Å². The molecule has 1 unspecified atom stereocenters. The zero-order valence-corrected chi connectivity index (χ0v) is 53.2. The van der Waals surface area contributed by atoms with Gasteiger partial charge in [-0.3, -0.25) is 14.4 Å². The Bertz CT molecular complexity index is 1780. The van der Waals surface area contributed by atoms with Crippen LogP contribution in [0.2, 0.25) is 0 Å². The summed E-state index contributed by atoms with van der Waals surface area (Å²) in [6.07, 6.45) is 98.7. The Labute approximate surface area is 506 Å². The molecule has 0 aliphatic carbocycles. The van der Waals surface area contributed by atoms with Crippen LogP contribution in [0.1, 0.15) is 297 Å². The van der Waals surface area contributed by atoms with Gasteiger partial charge in [0, 0.05) is 19.3 Å². The molecule has 0 aromatic carbocycles. The first-order chi connectivity index (χ1) is 40.5. The van der Waals surface area contributed by atoms with Crippen molar-refractivity contribution in [1.29, 1.82) is 0 Å². The molecule has 6 nitrogen and oxygen atoms in total. The molecule has 0 aromatic rings. The van der Waals surface area contributed by atoms with Gasteiger partial charge in [0.15, 0.2) is 6.10 Å². The molecule has 0 bridgehead atoms. The Morgan fingerprint density at radius 1 is 0.256 bits per heavy atom. The van der Waals surface area contributed by atoms with Crippen molar-refractivity contribution in [3.05, 3.63) is 146 Å². The van der Waals surface area contributed by atoms with Crippen LogP contribution in [0.3, 0.4) is 0 Å². The van der Waals surface area contributed by atoms with Gasteiger partial charge in [-0.2, -0.15) is 0 Å². The molecule has 0 aliphatic heterocycles. The van der Waals surface area contributed by atoms with Crippen LogP contribution in [-0.4, -0.2) is 37.2 Å². The summed E-state index contributed by atoms with van der Waals surface area (Å²) in [6, 6.07) is 0. The Morgan fingerprint density at radius 3 is 0.744 bits per heavy atom. The van der Waals surface area contributed by atoms with Crippen LogP contribution in [0.15, 0.2) is 146 Å². The highest BCUT2D eigenvalue weighted by Crippen LogP contribution is 2.16. The van der Waals surface area contributed by atoms with Gasteiger partial charge in [0.05, 0.1) is 0 Å². The largest absolute Gasteiger partial charge is 0.462 e. The number of ether oxygens (including phenoxy) is 3. The highest BCUT2D eigenvalue weighted by Gasteiger charge is 2.19. The number of hydrogen-bond acceptors (Lipinski definition) is 6. The summed E-state index contributed by atoms with van der Waals surface area (Å²) in [4.78, 5) is 38.2. The Hall–Kier alpha value is -4.71. The minimum absolute atomic E-state index is 0.0844. The molecule has 1 atom stereocenters. The second-order valence-corrected chi connectivity index (χ2v) is 22.0. The molecule has 0 spiro atoms. The van der Waals surface area contributed by atoms with Gasteiger partial charge in [-0.05, 0) is 122 Å². The molecule has 6 heteroatoms. The van der Waals surface area contributed by atoms with Gasteiger partial charge in [0.25, 0.3) is 0 Å². The summed E-state index contributed by atoms with van der Waals surface area (Å²) in [5.41, 5.74) is 0. The van der Waals surface area contributed by atoms with Crippen molar-refractivity contribution >= 4 is 17.9 Å². The standard InChI is InChI=1S/C76H124O6/c1-4-7-10-13-16-19-21-23-25-27-29-31-33-35-36-37-38-39-40-42-43-45-47-49-51-53-55-57-60-63-66-69-75(78)81-72-73(71-80-74(77)68-65-62-59-18-15-12-9-6-3)82-76(79)70-67-64-61-58-56-54-52-50-48-46-44-41-34-32-30-28-26-24-22-20-17-14-11-8-5-2/h7-8,10-11,16-17,19-20,23-26,29-32,35-36,38-39,41-44,73H,4-6,9,12-15,18,21-22,27-28,33-34,37,40,45-72H2,1-3H3/b10-7-,11-8-,19-16-,20-17-,25-23-,26-24-,31-29-,32-30-,36-35-,39-38-,43-42-,44-41-. The highest BCUT2D eigenvalue weighted by atomic mass is 16.6. The minimum atomic E-state index is -0.788. The fourth-order valence-corrected chi connectivity index (χ4v) is 9.10. The number of hydrogen-bond donors (Lipinski definition) is 0. The van der Waals surface area contributed by atoms with Crippen LogP contribution >= 0.6 is 0 Å². The number of rotatable bonds is 60. The molecular weight excluding hydrogens is 1010 g/mol. The summed E-state index contributed by atoms with van der Waals surface area (Å²) < 4.78 is 16.9. The van der Waals surface area contributed by atoms with Crippen LogP contribution in [0.25, 0.3) is 0 Å². The van der Waals surface area contributed by atoms with Crippen molar-refractivity contribution in [2.24, 2.45) is 0 Å². The third-order valence-electron chi connectivity index (χ3n) is 14.1. The van der Waals surface area contributed by atoms with Gasteiger partial charge in [-0.25, -0.2) is 0 Å². The summed E-state index contributed by atoms with van der Waals surface area (Å²) in [6.45, 7) is 6.38. The van der Waals surface area contributed by atoms with Crippen molar-refractivity contribution in [2.45, 2.75) is 303 Å². The minimum Gasteiger partial charge on any atom is -0.462 e. The summed E-state index contributed by atoms with van der Waals surface area (Å²) in [5, 5.41) is 0. The first-order valence-electron chi connectivity index (χ1n) is 33.8. The van der Waals surface area contributed by atoms with Gasteiger partial charge >= 0.3 is 17.9 Å². The van der Waals surface area contributed by atoms with Crippen LogP contribution in [0, 0.1) is 0 Å². The maximum absolute atomic E-state index is 12.9. The zero-order valence-electron chi connectivity index (χ0n) is 53.2. The second kappa shape index (κ2) is 68.8. The first kappa shape index (κ1) is 77.3. The molecule has 0 saturated heterocycles. The molecule has 464 valence electrons. The molecule has 0 rings (SSSR count). The molecule has 0 amide bonds. The van der Waals surface area contributed by atoms with E-state index in [0.29, 0.717) is 19.3 Å². The first-order valence-corrected chi connectivity index (χ1v) is 33.8. The van der Waals surface area contributed by atoms with Crippen molar-refractivity contribution in [3.63, 3.8) is 0 Å².